The molecule has 8 nitrogen and oxygen atoms in total. The maximum atomic E-state index is 13.9. The Balaban J connectivity index is 1.56. The molecule has 2 heterocycles. The molecular formula is C27H23FN6O2S2. The van der Waals surface area contributed by atoms with E-state index in [2.05, 4.69) is 27.4 Å². The van der Waals surface area contributed by atoms with Gasteiger partial charge in [-0.3, -0.25) is 0 Å². The summed E-state index contributed by atoms with van der Waals surface area (Å²) in [5.41, 5.74) is 9.53. The smallest absolute Gasteiger partial charge is 0.187 e. The van der Waals surface area contributed by atoms with Gasteiger partial charge in [-0.2, -0.15) is 10.5 Å². The Bertz CT molecular complexity index is 1510. The largest absolute Gasteiger partial charge is 0.394 e. The number of hydrogen-bond acceptors (Lipinski definition) is 10. The third kappa shape index (κ3) is 6.28. The lowest BCUT2D eigenvalue weighted by Gasteiger charge is -2.13. The van der Waals surface area contributed by atoms with Crippen LogP contribution in [0.5, 0.6) is 0 Å². The Morgan fingerprint density at radius 1 is 1.08 bits per heavy atom. The molecule has 0 aliphatic heterocycles. The van der Waals surface area contributed by atoms with Gasteiger partial charge in [-0.05, 0) is 36.1 Å². The van der Waals surface area contributed by atoms with Crippen LogP contribution in [0.25, 0.3) is 11.1 Å². The Hall–Kier alpha value is -4.00. The van der Waals surface area contributed by atoms with Crippen molar-refractivity contribution in [2.45, 2.75) is 29.7 Å². The van der Waals surface area contributed by atoms with Gasteiger partial charge in [0.25, 0.3) is 0 Å². The highest BCUT2D eigenvalue weighted by Gasteiger charge is 2.21. The highest BCUT2D eigenvalue weighted by atomic mass is 32.2. The third-order valence-electron chi connectivity index (χ3n) is 5.66. The van der Waals surface area contributed by atoms with Gasteiger partial charge in [0.15, 0.2) is 5.13 Å². The van der Waals surface area contributed by atoms with Crippen molar-refractivity contribution in [1.29, 1.82) is 10.5 Å². The summed E-state index contributed by atoms with van der Waals surface area (Å²) < 4.78 is 13.9. The number of thiazole rings is 1. The Morgan fingerprint density at radius 3 is 2.50 bits per heavy atom. The van der Waals surface area contributed by atoms with Gasteiger partial charge < -0.3 is 21.3 Å². The molecule has 0 unspecified atom stereocenters. The number of rotatable bonds is 10. The summed E-state index contributed by atoms with van der Waals surface area (Å²) in [6.07, 6.45) is 0.202. The Kier molecular flexibility index (Phi) is 8.89. The van der Waals surface area contributed by atoms with Gasteiger partial charge in [-0.15, -0.1) is 11.3 Å². The number of benzene rings is 2. The molecule has 2 aromatic heterocycles. The second-order valence-electron chi connectivity index (χ2n) is 8.26. The molecule has 38 heavy (non-hydrogen) atoms. The first-order chi connectivity index (χ1) is 18.4. The summed E-state index contributed by atoms with van der Waals surface area (Å²) in [7, 11) is 0. The fourth-order valence-corrected chi connectivity index (χ4v) is 5.42. The molecule has 0 saturated heterocycles. The quantitative estimate of drug-likeness (QED) is 0.202. The lowest BCUT2D eigenvalue weighted by molar-refractivity contribution is 0.0886. The first-order valence-corrected chi connectivity index (χ1v) is 13.4. The number of aliphatic hydroxyl groups excluding tert-OH is 2. The summed E-state index contributed by atoms with van der Waals surface area (Å²) in [6.45, 7) is -0.295. The summed E-state index contributed by atoms with van der Waals surface area (Å²) in [4.78, 5) is 8.82. The summed E-state index contributed by atoms with van der Waals surface area (Å²) in [5.74, 6) is 0.0331. The number of nitrogens with zero attached hydrogens (tertiary/aromatic N) is 4. The van der Waals surface area contributed by atoms with Crippen molar-refractivity contribution in [1.82, 2.24) is 9.97 Å². The molecule has 0 bridgehead atoms. The number of nitrogens with two attached hydrogens (primary N) is 1. The second kappa shape index (κ2) is 12.5. The van der Waals surface area contributed by atoms with Gasteiger partial charge in [-0.25, -0.2) is 14.4 Å². The number of aryl methyl sites for hydroxylation is 1. The molecule has 11 heteroatoms. The van der Waals surface area contributed by atoms with E-state index in [9.17, 15) is 20.0 Å². The number of nitrogens with one attached hydrogen (secondary N) is 1. The number of aromatic nitrogens is 2. The lowest BCUT2D eigenvalue weighted by atomic mass is 9.95. The summed E-state index contributed by atoms with van der Waals surface area (Å²) in [6, 6.07) is 17.9. The van der Waals surface area contributed by atoms with Crippen LogP contribution in [0, 0.1) is 28.5 Å². The van der Waals surface area contributed by atoms with Gasteiger partial charge in [0, 0.05) is 16.7 Å². The van der Waals surface area contributed by atoms with Gasteiger partial charge in [0.2, 0.25) is 0 Å². The zero-order chi connectivity index (χ0) is 27.1. The van der Waals surface area contributed by atoms with Crippen LogP contribution in [0.3, 0.4) is 0 Å². The molecular weight excluding hydrogens is 523 g/mol. The van der Waals surface area contributed by atoms with Gasteiger partial charge in [0.05, 0.1) is 29.7 Å². The molecule has 0 saturated carbocycles. The number of aliphatic hydroxyl groups is 2. The fraction of sp³-hybridized carbons (Fsp3) is 0.185. The van der Waals surface area contributed by atoms with Crippen LogP contribution in [0.1, 0.15) is 28.8 Å². The second-order valence-corrected chi connectivity index (χ2v) is 10.1. The first kappa shape index (κ1) is 27.0. The van der Waals surface area contributed by atoms with E-state index in [1.54, 1.807) is 30.3 Å². The molecule has 4 aromatic rings. The molecule has 2 aromatic carbocycles. The minimum absolute atomic E-state index is 0.0272. The van der Waals surface area contributed by atoms with Crippen molar-refractivity contribution in [2.75, 3.05) is 17.7 Å². The van der Waals surface area contributed by atoms with Crippen LogP contribution >= 0.6 is 23.1 Å². The predicted octanol–water partition coefficient (Wildman–Crippen LogP) is 4.99. The SMILES string of the molecule is N#Cc1c(N)nc(SCc2csc(Nc3ccccc3F)n2)c(C#N)c1-c1ccc(CC[C@H](O)CO)cc1. The first-order valence-electron chi connectivity index (χ1n) is 11.5. The molecule has 0 amide bonds. The number of para-hydroxylation sites is 1. The molecule has 0 aliphatic carbocycles. The Morgan fingerprint density at radius 2 is 1.82 bits per heavy atom. The number of pyridine rings is 1. The van der Waals surface area contributed by atoms with Crippen LogP contribution in [-0.2, 0) is 12.2 Å². The predicted molar refractivity (Wildman–Crippen MR) is 146 cm³/mol. The lowest BCUT2D eigenvalue weighted by Crippen LogP contribution is -2.12. The van der Waals surface area contributed by atoms with E-state index >= 15 is 0 Å². The number of hydrogen-bond donors (Lipinski definition) is 4. The van der Waals surface area contributed by atoms with Crippen LogP contribution in [-0.4, -0.2) is 32.9 Å². The topological polar surface area (TPSA) is 152 Å². The van der Waals surface area contributed by atoms with E-state index in [1.807, 2.05) is 17.5 Å². The van der Waals surface area contributed by atoms with E-state index < -0.39 is 6.10 Å². The zero-order valence-electron chi connectivity index (χ0n) is 20.1. The molecule has 5 N–H and O–H groups in total. The number of nitriles is 2. The number of nitrogen functional groups attached to an aromatic ring is 1. The van der Waals surface area contributed by atoms with Crippen LogP contribution in [0.2, 0.25) is 0 Å². The van der Waals surface area contributed by atoms with Crippen LogP contribution in [0.4, 0.5) is 21.0 Å². The molecule has 1 atom stereocenters. The maximum absolute atomic E-state index is 13.9. The number of halogens is 1. The van der Waals surface area contributed by atoms with Gasteiger partial charge >= 0.3 is 0 Å². The summed E-state index contributed by atoms with van der Waals surface area (Å²) >= 11 is 2.61. The van der Waals surface area contributed by atoms with Crippen molar-refractivity contribution in [3.8, 4) is 23.3 Å². The summed E-state index contributed by atoms with van der Waals surface area (Å²) in [5, 5.41) is 44.1. The van der Waals surface area contributed by atoms with Crippen molar-refractivity contribution in [3.63, 3.8) is 0 Å². The molecule has 0 fully saturated rings. The van der Waals surface area contributed by atoms with E-state index in [0.717, 1.165) is 5.56 Å². The minimum atomic E-state index is -0.784. The van der Waals surface area contributed by atoms with Crippen LogP contribution in [0.15, 0.2) is 58.9 Å². The highest BCUT2D eigenvalue weighted by molar-refractivity contribution is 7.98. The van der Waals surface area contributed by atoms with E-state index in [4.69, 9.17) is 10.8 Å². The minimum Gasteiger partial charge on any atom is -0.394 e. The zero-order valence-corrected chi connectivity index (χ0v) is 21.7. The maximum Gasteiger partial charge on any atom is 0.187 e. The van der Waals surface area contributed by atoms with E-state index in [0.29, 0.717) is 51.3 Å². The normalized spacial score (nSPS) is 11.5. The molecule has 0 aliphatic rings. The standard InChI is InChI=1S/C27H23FN6O2S2/c28-22-3-1-2-4-23(22)33-27-32-18(15-38-27)14-37-26-21(12-30)24(20(11-29)25(31)34-26)17-8-5-16(6-9-17)7-10-19(36)13-35/h1-6,8-9,15,19,35-36H,7,10,13-14H2,(H2,31,34)(H,32,33)/t19-/m0/s1. The van der Waals surface area contributed by atoms with Crippen molar-refractivity contribution < 1.29 is 14.6 Å². The van der Waals surface area contributed by atoms with Gasteiger partial charge in [-0.1, -0.05) is 48.2 Å². The van der Waals surface area contributed by atoms with Gasteiger partial charge in [0.1, 0.15) is 34.4 Å². The Labute approximate surface area is 227 Å². The molecule has 0 radical (unpaired) electrons. The number of anilines is 3. The van der Waals surface area contributed by atoms with Crippen LogP contribution < -0.4 is 11.1 Å². The average Bonchev–Trinajstić information content (AvgIpc) is 3.39. The van der Waals surface area contributed by atoms with E-state index in [1.165, 1.54) is 29.2 Å². The monoisotopic (exact) mass is 546 g/mol. The van der Waals surface area contributed by atoms with Crippen molar-refractivity contribution in [2.24, 2.45) is 0 Å². The van der Waals surface area contributed by atoms with E-state index in [-0.39, 0.29) is 29.4 Å². The fourth-order valence-electron chi connectivity index (χ4n) is 3.70. The van der Waals surface area contributed by atoms with Crippen molar-refractivity contribution >= 4 is 39.7 Å². The number of thioether (sulfide) groups is 1. The molecule has 0 spiro atoms. The average molecular weight is 547 g/mol. The third-order valence-corrected chi connectivity index (χ3v) is 7.47. The molecule has 4 rings (SSSR count). The highest BCUT2D eigenvalue weighted by Crippen LogP contribution is 2.37. The van der Waals surface area contributed by atoms with Crippen molar-refractivity contribution in [3.05, 3.63) is 82.1 Å². The molecule has 192 valence electrons.